The van der Waals surface area contributed by atoms with Gasteiger partial charge >= 0.3 is 0 Å². The summed E-state index contributed by atoms with van der Waals surface area (Å²) in [5, 5.41) is 0. The molecule has 0 spiro atoms. The maximum atomic E-state index is 13.2. The SMILES string of the molecule is CN(C(=O)c1cccc(C(=O)N(C)c2cnc3ccccc3n2)c1)c1cnc2ccccc2n1. The third kappa shape index (κ3) is 3.93. The number of amides is 2. The Morgan fingerprint density at radius 3 is 1.44 bits per heavy atom. The van der Waals surface area contributed by atoms with E-state index in [2.05, 4.69) is 19.9 Å². The predicted molar refractivity (Wildman–Crippen MR) is 131 cm³/mol. The Morgan fingerprint density at radius 1 is 0.588 bits per heavy atom. The summed E-state index contributed by atoms with van der Waals surface area (Å²) in [4.78, 5) is 46.9. The molecule has 0 saturated heterocycles. The van der Waals surface area contributed by atoms with Crippen LogP contribution in [-0.4, -0.2) is 45.8 Å². The zero-order chi connectivity index (χ0) is 23.7. The topological polar surface area (TPSA) is 92.2 Å². The lowest BCUT2D eigenvalue weighted by Gasteiger charge is -2.18. The van der Waals surface area contributed by atoms with E-state index in [1.807, 2.05) is 48.5 Å². The summed E-state index contributed by atoms with van der Waals surface area (Å²) in [5.41, 5.74) is 3.62. The monoisotopic (exact) mass is 448 g/mol. The van der Waals surface area contributed by atoms with Crippen LogP contribution in [0.15, 0.2) is 85.2 Å². The molecular formula is C26H20N6O2. The molecule has 2 amide bonds. The second-order valence-corrected chi connectivity index (χ2v) is 7.74. The first-order valence-electron chi connectivity index (χ1n) is 10.6. The van der Waals surface area contributed by atoms with Crippen molar-refractivity contribution in [3.63, 3.8) is 0 Å². The van der Waals surface area contributed by atoms with Crippen LogP contribution in [0.3, 0.4) is 0 Å². The first-order valence-corrected chi connectivity index (χ1v) is 10.6. The number of fused-ring (bicyclic) bond motifs is 2. The van der Waals surface area contributed by atoms with Gasteiger partial charge in [0.2, 0.25) is 0 Å². The standard InChI is InChI=1S/C26H20N6O2/c1-31(23-15-27-19-10-3-5-12-21(19)29-23)25(33)17-8-7-9-18(14-17)26(34)32(2)24-16-28-20-11-4-6-13-22(20)30-24/h3-16H,1-2H3. The molecule has 8 heteroatoms. The Bertz CT molecular complexity index is 1440. The number of carbonyl (C=O) groups excluding carboxylic acids is 2. The van der Waals surface area contributed by atoms with E-state index in [1.165, 1.54) is 9.80 Å². The molecule has 0 saturated carbocycles. The predicted octanol–water partition coefficient (Wildman–Crippen LogP) is 4.13. The van der Waals surface area contributed by atoms with Gasteiger partial charge in [-0.2, -0.15) is 0 Å². The van der Waals surface area contributed by atoms with Gasteiger partial charge in [-0.05, 0) is 42.5 Å². The van der Waals surface area contributed by atoms with E-state index in [0.717, 1.165) is 11.0 Å². The minimum Gasteiger partial charge on any atom is -0.295 e. The average Bonchev–Trinajstić information content (AvgIpc) is 2.90. The van der Waals surface area contributed by atoms with Gasteiger partial charge in [0.25, 0.3) is 11.8 Å². The molecule has 0 aliphatic heterocycles. The van der Waals surface area contributed by atoms with E-state index in [4.69, 9.17) is 0 Å². The van der Waals surface area contributed by atoms with E-state index < -0.39 is 0 Å². The quantitative estimate of drug-likeness (QED) is 0.411. The molecule has 0 bridgehead atoms. The second-order valence-electron chi connectivity index (χ2n) is 7.74. The molecule has 5 rings (SSSR count). The smallest absolute Gasteiger partial charge is 0.259 e. The summed E-state index contributed by atoms with van der Waals surface area (Å²) in [6, 6.07) is 21.5. The van der Waals surface area contributed by atoms with Gasteiger partial charge in [-0.15, -0.1) is 0 Å². The Labute approximate surface area is 195 Å². The van der Waals surface area contributed by atoms with Gasteiger partial charge in [0.15, 0.2) is 11.6 Å². The van der Waals surface area contributed by atoms with E-state index >= 15 is 0 Å². The van der Waals surface area contributed by atoms with Crippen LogP contribution in [0.2, 0.25) is 0 Å². The summed E-state index contributed by atoms with van der Waals surface area (Å²) in [5.74, 6) is 0.243. The summed E-state index contributed by atoms with van der Waals surface area (Å²) in [6.07, 6.45) is 3.11. The van der Waals surface area contributed by atoms with Gasteiger partial charge in [0.05, 0.1) is 34.5 Å². The number of aromatic nitrogens is 4. The molecular weight excluding hydrogens is 428 g/mol. The van der Waals surface area contributed by atoms with Crippen LogP contribution in [0.25, 0.3) is 22.1 Å². The molecule has 3 aromatic carbocycles. The molecule has 0 unspecified atom stereocenters. The highest BCUT2D eigenvalue weighted by Crippen LogP contribution is 2.19. The van der Waals surface area contributed by atoms with Crippen LogP contribution in [0.5, 0.6) is 0 Å². The maximum Gasteiger partial charge on any atom is 0.259 e. The van der Waals surface area contributed by atoms with Crippen LogP contribution < -0.4 is 9.80 Å². The number of hydrogen-bond acceptors (Lipinski definition) is 6. The first kappa shape index (κ1) is 21.1. The van der Waals surface area contributed by atoms with Gasteiger partial charge in [-0.3, -0.25) is 29.4 Å². The van der Waals surface area contributed by atoms with Crippen LogP contribution in [0.1, 0.15) is 20.7 Å². The minimum absolute atomic E-state index is 0.299. The molecule has 0 radical (unpaired) electrons. The fraction of sp³-hybridized carbons (Fsp3) is 0.0769. The highest BCUT2D eigenvalue weighted by Gasteiger charge is 2.20. The van der Waals surface area contributed by atoms with Gasteiger partial charge in [0, 0.05) is 25.2 Å². The highest BCUT2D eigenvalue weighted by molar-refractivity contribution is 6.09. The van der Waals surface area contributed by atoms with Crippen molar-refractivity contribution in [1.82, 2.24) is 19.9 Å². The minimum atomic E-state index is -0.299. The number of para-hydroxylation sites is 4. The number of rotatable bonds is 4. The van der Waals surface area contributed by atoms with Crippen molar-refractivity contribution in [2.45, 2.75) is 0 Å². The average molecular weight is 448 g/mol. The van der Waals surface area contributed by atoms with Crippen LogP contribution >= 0.6 is 0 Å². The van der Waals surface area contributed by atoms with E-state index in [0.29, 0.717) is 33.8 Å². The molecule has 34 heavy (non-hydrogen) atoms. The largest absolute Gasteiger partial charge is 0.295 e. The molecule has 2 heterocycles. The summed E-state index contributed by atoms with van der Waals surface area (Å²) >= 11 is 0. The van der Waals surface area contributed by atoms with Crippen molar-refractivity contribution in [2.75, 3.05) is 23.9 Å². The number of benzene rings is 3. The number of anilines is 2. The molecule has 5 aromatic rings. The molecule has 8 nitrogen and oxygen atoms in total. The summed E-state index contributed by atoms with van der Waals surface area (Å²) < 4.78 is 0. The third-order valence-electron chi connectivity index (χ3n) is 5.52. The van der Waals surface area contributed by atoms with E-state index in [9.17, 15) is 9.59 Å². The highest BCUT2D eigenvalue weighted by atomic mass is 16.2. The summed E-state index contributed by atoms with van der Waals surface area (Å²) in [6.45, 7) is 0. The lowest BCUT2D eigenvalue weighted by Crippen LogP contribution is -2.29. The van der Waals surface area contributed by atoms with E-state index in [-0.39, 0.29) is 11.8 Å². The van der Waals surface area contributed by atoms with Crippen molar-refractivity contribution in [3.05, 3.63) is 96.3 Å². The normalized spacial score (nSPS) is 10.9. The molecule has 2 aromatic heterocycles. The van der Waals surface area contributed by atoms with Crippen LogP contribution in [0.4, 0.5) is 11.6 Å². The van der Waals surface area contributed by atoms with Crippen molar-refractivity contribution in [1.29, 1.82) is 0 Å². The van der Waals surface area contributed by atoms with Gasteiger partial charge < -0.3 is 0 Å². The third-order valence-corrected chi connectivity index (χ3v) is 5.52. The molecule has 0 aliphatic rings. The number of carbonyl (C=O) groups is 2. The zero-order valence-corrected chi connectivity index (χ0v) is 18.6. The zero-order valence-electron chi connectivity index (χ0n) is 18.6. The van der Waals surface area contributed by atoms with E-state index in [1.54, 1.807) is 50.8 Å². The maximum absolute atomic E-state index is 13.2. The second kappa shape index (κ2) is 8.67. The Kier molecular flexibility index (Phi) is 5.39. The lowest BCUT2D eigenvalue weighted by atomic mass is 10.1. The van der Waals surface area contributed by atoms with Gasteiger partial charge in [-0.1, -0.05) is 30.3 Å². The van der Waals surface area contributed by atoms with Crippen molar-refractivity contribution in [2.24, 2.45) is 0 Å². The van der Waals surface area contributed by atoms with Gasteiger partial charge in [-0.25, -0.2) is 9.97 Å². The molecule has 0 fully saturated rings. The molecule has 0 N–H and O–H groups in total. The Hall–Kier alpha value is -4.72. The fourth-order valence-corrected chi connectivity index (χ4v) is 3.60. The number of nitrogens with zero attached hydrogens (tertiary/aromatic N) is 6. The number of hydrogen-bond donors (Lipinski definition) is 0. The molecule has 0 aliphatic carbocycles. The van der Waals surface area contributed by atoms with Crippen molar-refractivity contribution in [3.8, 4) is 0 Å². The van der Waals surface area contributed by atoms with Gasteiger partial charge in [0.1, 0.15) is 0 Å². The van der Waals surface area contributed by atoms with Crippen molar-refractivity contribution < 1.29 is 9.59 Å². The summed E-state index contributed by atoms with van der Waals surface area (Å²) in [7, 11) is 3.26. The lowest BCUT2D eigenvalue weighted by molar-refractivity contribution is 0.0991. The molecule has 0 atom stereocenters. The fourth-order valence-electron chi connectivity index (χ4n) is 3.60. The Morgan fingerprint density at radius 2 is 1.00 bits per heavy atom. The molecule has 166 valence electrons. The Balaban J connectivity index is 1.40. The van der Waals surface area contributed by atoms with Crippen LogP contribution in [0, 0.1) is 0 Å². The van der Waals surface area contributed by atoms with Crippen LogP contribution in [-0.2, 0) is 0 Å². The first-order chi connectivity index (χ1) is 16.5. The van der Waals surface area contributed by atoms with Crippen molar-refractivity contribution >= 4 is 45.5 Å².